The molecule has 1 saturated heterocycles. The Morgan fingerprint density at radius 3 is 2.36 bits per heavy atom. The van der Waals surface area contributed by atoms with Crippen LogP contribution in [0.4, 0.5) is 0 Å². The highest BCUT2D eigenvalue weighted by atomic mass is 16.6. The first kappa shape index (κ1) is 10.9. The molecule has 1 heterocycles. The molecule has 1 fully saturated rings. The summed E-state index contributed by atoms with van der Waals surface area (Å²) in [7, 11) is 0. The van der Waals surface area contributed by atoms with E-state index in [2.05, 4.69) is 11.3 Å². The summed E-state index contributed by atoms with van der Waals surface area (Å²) in [5, 5.41) is 0. The summed E-state index contributed by atoms with van der Waals surface area (Å²) in [5.41, 5.74) is -0.0993. The van der Waals surface area contributed by atoms with Gasteiger partial charge in [0.05, 0.1) is 13.1 Å². The SMILES string of the molecule is C=CC(C)(C)CN1CC(=O)OC(=O)C1. The van der Waals surface area contributed by atoms with Crippen molar-refractivity contribution >= 4 is 11.9 Å². The average molecular weight is 197 g/mol. The molecule has 1 aliphatic rings. The lowest BCUT2D eigenvalue weighted by Gasteiger charge is -2.30. The second kappa shape index (κ2) is 3.92. The molecular weight excluding hydrogens is 182 g/mol. The maximum absolute atomic E-state index is 10.9. The first-order valence-corrected chi connectivity index (χ1v) is 4.52. The molecule has 0 radical (unpaired) electrons. The van der Waals surface area contributed by atoms with Crippen LogP contribution in [0.2, 0.25) is 0 Å². The molecule has 0 bridgehead atoms. The molecule has 0 aromatic carbocycles. The predicted octanol–water partition coefficient (Wildman–Crippen LogP) is 0.584. The Labute approximate surface area is 83.5 Å². The Morgan fingerprint density at radius 2 is 1.93 bits per heavy atom. The standard InChI is InChI=1S/C10H15NO3/c1-4-10(2,3)7-11-5-8(12)14-9(13)6-11/h4H,1,5-7H2,2-3H3. The number of hydrogen-bond donors (Lipinski definition) is 0. The van der Waals surface area contributed by atoms with Gasteiger partial charge in [-0.2, -0.15) is 0 Å². The fraction of sp³-hybridized carbons (Fsp3) is 0.600. The number of ether oxygens (including phenoxy) is 1. The van der Waals surface area contributed by atoms with Crippen molar-refractivity contribution in [2.24, 2.45) is 5.41 Å². The smallest absolute Gasteiger partial charge is 0.327 e. The molecule has 0 aromatic rings. The topological polar surface area (TPSA) is 46.6 Å². The lowest BCUT2D eigenvalue weighted by molar-refractivity contribution is -0.167. The van der Waals surface area contributed by atoms with Crippen LogP contribution in [0.5, 0.6) is 0 Å². The Kier molecular flexibility index (Phi) is 3.06. The summed E-state index contributed by atoms with van der Waals surface area (Å²) in [6.07, 6.45) is 1.82. The van der Waals surface area contributed by atoms with Crippen LogP contribution in [0.3, 0.4) is 0 Å². The minimum absolute atomic E-state index is 0.0993. The third-order valence-corrected chi connectivity index (χ3v) is 2.12. The van der Waals surface area contributed by atoms with Gasteiger partial charge in [0.25, 0.3) is 0 Å². The van der Waals surface area contributed by atoms with Crippen molar-refractivity contribution in [2.75, 3.05) is 19.6 Å². The van der Waals surface area contributed by atoms with Gasteiger partial charge in [0, 0.05) is 6.54 Å². The van der Waals surface area contributed by atoms with E-state index in [0.717, 1.165) is 0 Å². The van der Waals surface area contributed by atoms with Gasteiger partial charge < -0.3 is 4.74 Å². The van der Waals surface area contributed by atoms with Gasteiger partial charge in [-0.25, -0.2) is 0 Å². The van der Waals surface area contributed by atoms with Crippen LogP contribution < -0.4 is 0 Å². The Balaban J connectivity index is 2.57. The summed E-state index contributed by atoms with van der Waals surface area (Å²) >= 11 is 0. The summed E-state index contributed by atoms with van der Waals surface area (Å²) in [4.78, 5) is 23.7. The van der Waals surface area contributed by atoms with Crippen molar-refractivity contribution in [3.8, 4) is 0 Å². The largest absolute Gasteiger partial charge is 0.391 e. The minimum Gasteiger partial charge on any atom is -0.391 e. The van der Waals surface area contributed by atoms with Gasteiger partial charge in [-0.05, 0) is 5.41 Å². The van der Waals surface area contributed by atoms with Crippen LogP contribution >= 0.6 is 0 Å². The number of rotatable bonds is 3. The zero-order chi connectivity index (χ0) is 10.8. The lowest BCUT2D eigenvalue weighted by Crippen LogP contribution is -2.46. The zero-order valence-electron chi connectivity index (χ0n) is 8.58. The molecule has 0 aliphatic carbocycles. The lowest BCUT2D eigenvalue weighted by atomic mass is 9.93. The number of nitrogens with zero attached hydrogens (tertiary/aromatic N) is 1. The van der Waals surface area contributed by atoms with Crippen molar-refractivity contribution in [2.45, 2.75) is 13.8 Å². The molecule has 0 spiro atoms. The van der Waals surface area contributed by atoms with E-state index in [4.69, 9.17) is 0 Å². The molecule has 14 heavy (non-hydrogen) atoms. The molecule has 0 unspecified atom stereocenters. The number of carbonyl (C=O) groups is 2. The van der Waals surface area contributed by atoms with E-state index in [1.165, 1.54) is 0 Å². The number of carbonyl (C=O) groups excluding carboxylic acids is 2. The van der Waals surface area contributed by atoms with Crippen molar-refractivity contribution in [3.63, 3.8) is 0 Å². The van der Waals surface area contributed by atoms with E-state index in [-0.39, 0.29) is 18.5 Å². The van der Waals surface area contributed by atoms with Crippen LogP contribution in [0.1, 0.15) is 13.8 Å². The van der Waals surface area contributed by atoms with Crippen LogP contribution in [0.25, 0.3) is 0 Å². The average Bonchev–Trinajstić information content (AvgIpc) is 2.01. The Morgan fingerprint density at radius 1 is 1.43 bits per heavy atom. The Hall–Kier alpha value is -1.16. The van der Waals surface area contributed by atoms with E-state index >= 15 is 0 Å². The number of hydrogen-bond acceptors (Lipinski definition) is 4. The molecular formula is C10H15NO3. The summed E-state index contributed by atoms with van der Waals surface area (Å²) in [6, 6.07) is 0. The molecule has 78 valence electrons. The van der Waals surface area contributed by atoms with Crippen LogP contribution in [-0.2, 0) is 14.3 Å². The second-order valence-electron chi connectivity index (χ2n) is 4.18. The molecule has 0 N–H and O–H groups in total. The molecule has 0 amide bonds. The number of esters is 2. The minimum atomic E-state index is -0.471. The maximum Gasteiger partial charge on any atom is 0.327 e. The number of morpholine rings is 1. The van der Waals surface area contributed by atoms with E-state index in [9.17, 15) is 9.59 Å². The molecule has 1 aliphatic heterocycles. The highest BCUT2D eigenvalue weighted by Gasteiger charge is 2.28. The number of cyclic esters (lactones) is 2. The van der Waals surface area contributed by atoms with Crippen molar-refractivity contribution in [1.82, 2.24) is 4.90 Å². The molecule has 0 atom stereocenters. The van der Waals surface area contributed by atoms with Gasteiger partial charge in [0.1, 0.15) is 0 Å². The Bertz CT molecular complexity index is 255. The second-order valence-corrected chi connectivity index (χ2v) is 4.18. The summed E-state index contributed by atoms with van der Waals surface area (Å²) in [5.74, 6) is -0.942. The van der Waals surface area contributed by atoms with Gasteiger partial charge in [-0.15, -0.1) is 6.58 Å². The summed E-state index contributed by atoms with van der Waals surface area (Å²) < 4.78 is 4.42. The monoisotopic (exact) mass is 197 g/mol. The van der Waals surface area contributed by atoms with E-state index < -0.39 is 11.9 Å². The van der Waals surface area contributed by atoms with E-state index in [1.54, 1.807) is 4.90 Å². The van der Waals surface area contributed by atoms with Crippen LogP contribution in [0, 0.1) is 5.41 Å². The molecule has 4 heteroatoms. The fourth-order valence-corrected chi connectivity index (χ4v) is 1.37. The van der Waals surface area contributed by atoms with Gasteiger partial charge in [0.2, 0.25) is 0 Å². The van der Waals surface area contributed by atoms with Crippen molar-refractivity contribution in [3.05, 3.63) is 12.7 Å². The van der Waals surface area contributed by atoms with Crippen molar-refractivity contribution in [1.29, 1.82) is 0 Å². The van der Waals surface area contributed by atoms with E-state index in [1.807, 2.05) is 19.9 Å². The van der Waals surface area contributed by atoms with Gasteiger partial charge in [-0.3, -0.25) is 14.5 Å². The highest BCUT2D eigenvalue weighted by Crippen LogP contribution is 2.18. The quantitative estimate of drug-likeness (QED) is 0.377. The van der Waals surface area contributed by atoms with Crippen LogP contribution in [-0.4, -0.2) is 36.5 Å². The zero-order valence-corrected chi connectivity index (χ0v) is 8.58. The van der Waals surface area contributed by atoms with E-state index in [0.29, 0.717) is 6.54 Å². The maximum atomic E-state index is 10.9. The van der Waals surface area contributed by atoms with Gasteiger partial charge in [-0.1, -0.05) is 19.9 Å². The third-order valence-electron chi connectivity index (χ3n) is 2.12. The molecule has 0 saturated carbocycles. The fourth-order valence-electron chi connectivity index (χ4n) is 1.37. The van der Waals surface area contributed by atoms with Crippen molar-refractivity contribution < 1.29 is 14.3 Å². The molecule has 0 aromatic heterocycles. The van der Waals surface area contributed by atoms with Crippen LogP contribution in [0.15, 0.2) is 12.7 Å². The highest BCUT2D eigenvalue weighted by molar-refractivity contribution is 5.90. The molecule has 4 nitrogen and oxygen atoms in total. The predicted molar refractivity (Wildman–Crippen MR) is 51.5 cm³/mol. The first-order chi connectivity index (χ1) is 6.43. The molecule has 1 rings (SSSR count). The third kappa shape index (κ3) is 2.96. The first-order valence-electron chi connectivity index (χ1n) is 4.52. The van der Waals surface area contributed by atoms with Gasteiger partial charge in [0.15, 0.2) is 0 Å². The normalized spacial score (nSPS) is 19.3. The summed E-state index contributed by atoms with van der Waals surface area (Å²) in [6.45, 7) is 8.72. The van der Waals surface area contributed by atoms with Gasteiger partial charge >= 0.3 is 11.9 Å².